The van der Waals surface area contributed by atoms with Crippen molar-refractivity contribution in [3.63, 3.8) is 0 Å². The molecular weight excluding hydrogens is 252 g/mol. The summed E-state index contributed by atoms with van der Waals surface area (Å²) in [6, 6.07) is 9.60. The number of benzene rings is 1. The highest BCUT2D eigenvalue weighted by Gasteiger charge is 2.18. The monoisotopic (exact) mass is 276 g/mol. The van der Waals surface area contributed by atoms with E-state index >= 15 is 0 Å². The minimum absolute atomic E-state index is 0.00289. The number of nitrogens with two attached hydrogens (primary N) is 1. The molecule has 1 fully saturated rings. The van der Waals surface area contributed by atoms with E-state index in [1.807, 2.05) is 35.2 Å². The first-order valence-electron chi connectivity index (χ1n) is 7.33. The summed E-state index contributed by atoms with van der Waals surface area (Å²) in [7, 11) is 0. The number of urea groups is 1. The van der Waals surface area contributed by atoms with E-state index in [1.54, 1.807) is 0 Å². The first kappa shape index (κ1) is 14.8. The number of rotatable bonds is 4. The maximum atomic E-state index is 12.2. The van der Waals surface area contributed by atoms with Gasteiger partial charge in [0.15, 0.2) is 0 Å². The summed E-state index contributed by atoms with van der Waals surface area (Å²) in [4.78, 5) is 16.5. The Hall–Kier alpha value is -1.59. The van der Waals surface area contributed by atoms with Crippen molar-refractivity contribution in [2.45, 2.75) is 12.8 Å². The van der Waals surface area contributed by atoms with Crippen LogP contribution in [-0.4, -0.2) is 55.1 Å². The van der Waals surface area contributed by atoms with Crippen LogP contribution < -0.4 is 11.1 Å². The normalized spacial score (nSPS) is 16.8. The van der Waals surface area contributed by atoms with Crippen molar-refractivity contribution in [3.05, 3.63) is 30.3 Å². The largest absolute Gasteiger partial charge is 0.330 e. The number of carbonyl (C=O) groups excluding carboxylic acids is 1. The molecule has 1 aromatic rings. The fraction of sp³-hybridized carbons (Fsp3) is 0.533. The molecule has 0 unspecified atom stereocenters. The lowest BCUT2D eigenvalue weighted by atomic mass is 10.3. The number of hydrogen-bond acceptors (Lipinski definition) is 3. The van der Waals surface area contributed by atoms with E-state index < -0.39 is 0 Å². The van der Waals surface area contributed by atoms with Gasteiger partial charge in [-0.3, -0.25) is 0 Å². The van der Waals surface area contributed by atoms with Crippen molar-refractivity contribution in [1.82, 2.24) is 9.80 Å². The van der Waals surface area contributed by atoms with Crippen molar-refractivity contribution in [2.24, 2.45) is 5.73 Å². The molecule has 1 heterocycles. The molecule has 0 aromatic heterocycles. The number of para-hydroxylation sites is 1. The summed E-state index contributed by atoms with van der Waals surface area (Å²) >= 11 is 0. The second kappa shape index (κ2) is 7.87. The maximum absolute atomic E-state index is 12.2. The van der Waals surface area contributed by atoms with Crippen LogP contribution in [0.5, 0.6) is 0 Å². The topological polar surface area (TPSA) is 61.6 Å². The highest BCUT2D eigenvalue weighted by Crippen LogP contribution is 2.09. The molecule has 0 saturated carbocycles. The van der Waals surface area contributed by atoms with E-state index in [9.17, 15) is 4.79 Å². The van der Waals surface area contributed by atoms with Gasteiger partial charge in [-0.25, -0.2) is 4.79 Å². The Labute approximate surface area is 120 Å². The molecule has 0 aliphatic carbocycles. The molecule has 1 aliphatic rings. The number of nitrogens with zero attached hydrogens (tertiary/aromatic N) is 2. The predicted molar refractivity (Wildman–Crippen MR) is 81.8 cm³/mol. The van der Waals surface area contributed by atoms with Crippen molar-refractivity contribution in [2.75, 3.05) is 44.6 Å². The molecule has 20 heavy (non-hydrogen) atoms. The quantitative estimate of drug-likeness (QED) is 0.877. The highest BCUT2D eigenvalue weighted by molar-refractivity contribution is 5.89. The summed E-state index contributed by atoms with van der Waals surface area (Å²) < 4.78 is 0. The van der Waals surface area contributed by atoms with Gasteiger partial charge in [0.1, 0.15) is 0 Å². The molecule has 0 spiro atoms. The number of anilines is 1. The molecule has 5 nitrogen and oxygen atoms in total. The van der Waals surface area contributed by atoms with Crippen LogP contribution in [0.1, 0.15) is 12.8 Å². The van der Waals surface area contributed by atoms with Crippen LogP contribution in [-0.2, 0) is 0 Å². The van der Waals surface area contributed by atoms with Crippen molar-refractivity contribution < 1.29 is 4.79 Å². The molecular formula is C15H24N4O. The molecule has 2 rings (SSSR count). The molecule has 0 radical (unpaired) electrons. The summed E-state index contributed by atoms with van der Waals surface area (Å²) in [5, 5.41) is 2.95. The first-order chi connectivity index (χ1) is 9.79. The lowest BCUT2D eigenvalue weighted by molar-refractivity contribution is 0.211. The molecule has 0 atom stereocenters. The summed E-state index contributed by atoms with van der Waals surface area (Å²) in [6.07, 6.45) is 2.04. The fourth-order valence-electron chi connectivity index (χ4n) is 2.44. The number of nitrogens with one attached hydrogen (secondary N) is 1. The van der Waals surface area contributed by atoms with Gasteiger partial charge in [-0.15, -0.1) is 0 Å². The van der Waals surface area contributed by atoms with Gasteiger partial charge >= 0.3 is 6.03 Å². The Kier molecular flexibility index (Phi) is 5.83. The molecule has 0 bridgehead atoms. The number of carbonyl (C=O) groups is 1. The third-order valence-corrected chi connectivity index (χ3v) is 3.58. The molecule has 110 valence electrons. The molecule has 3 N–H and O–H groups in total. The van der Waals surface area contributed by atoms with E-state index in [4.69, 9.17) is 5.73 Å². The van der Waals surface area contributed by atoms with Crippen LogP contribution >= 0.6 is 0 Å². The molecule has 5 heteroatoms. The Balaban J connectivity index is 1.82. The van der Waals surface area contributed by atoms with Crippen LogP contribution in [0.4, 0.5) is 10.5 Å². The number of hydrogen-bond donors (Lipinski definition) is 2. The van der Waals surface area contributed by atoms with Gasteiger partial charge in [0.25, 0.3) is 0 Å². The van der Waals surface area contributed by atoms with Crippen LogP contribution in [0.15, 0.2) is 30.3 Å². The van der Waals surface area contributed by atoms with E-state index in [2.05, 4.69) is 10.2 Å². The van der Waals surface area contributed by atoms with Crippen LogP contribution in [0.3, 0.4) is 0 Å². The minimum Gasteiger partial charge on any atom is -0.330 e. The van der Waals surface area contributed by atoms with Crippen molar-refractivity contribution in [3.8, 4) is 0 Å². The van der Waals surface area contributed by atoms with E-state index in [0.717, 1.165) is 57.8 Å². The van der Waals surface area contributed by atoms with Gasteiger partial charge in [-0.05, 0) is 44.6 Å². The fourth-order valence-corrected chi connectivity index (χ4v) is 2.44. The van der Waals surface area contributed by atoms with E-state index in [1.165, 1.54) is 0 Å². The van der Waals surface area contributed by atoms with Crippen LogP contribution in [0, 0.1) is 0 Å². The zero-order valence-corrected chi connectivity index (χ0v) is 11.9. The smallest absolute Gasteiger partial charge is 0.321 e. The zero-order valence-electron chi connectivity index (χ0n) is 11.9. The SMILES string of the molecule is NCCCN1CCCN(C(=O)Nc2ccccc2)CC1. The van der Waals surface area contributed by atoms with Gasteiger partial charge in [0, 0.05) is 25.3 Å². The Morgan fingerprint density at radius 1 is 1.15 bits per heavy atom. The highest BCUT2D eigenvalue weighted by atomic mass is 16.2. The third kappa shape index (κ3) is 4.51. The van der Waals surface area contributed by atoms with Gasteiger partial charge in [0.2, 0.25) is 0 Å². The van der Waals surface area contributed by atoms with Crippen LogP contribution in [0.2, 0.25) is 0 Å². The summed E-state index contributed by atoms with van der Waals surface area (Å²) in [6.45, 7) is 5.34. The van der Waals surface area contributed by atoms with Gasteiger partial charge < -0.3 is 20.9 Å². The lowest BCUT2D eigenvalue weighted by Crippen LogP contribution is -2.38. The average Bonchev–Trinajstić information content (AvgIpc) is 2.72. The van der Waals surface area contributed by atoms with Gasteiger partial charge in [-0.1, -0.05) is 18.2 Å². The molecule has 1 aliphatic heterocycles. The first-order valence-corrected chi connectivity index (χ1v) is 7.33. The Morgan fingerprint density at radius 3 is 2.70 bits per heavy atom. The summed E-state index contributed by atoms with van der Waals surface area (Å²) in [5.41, 5.74) is 6.39. The van der Waals surface area contributed by atoms with E-state index in [0.29, 0.717) is 0 Å². The average molecular weight is 276 g/mol. The summed E-state index contributed by atoms with van der Waals surface area (Å²) in [5.74, 6) is 0. The standard InChI is InChI=1S/C15H24N4O/c16-8-4-9-18-10-5-11-19(13-12-18)15(20)17-14-6-2-1-3-7-14/h1-3,6-7H,4-5,8-13,16H2,(H,17,20). The molecule has 1 saturated heterocycles. The lowest BCUT2D eigenvalue weighted by Gasteiger charge is -2.22. The Morgan fingerprint density at radius 2 is 1.95 bits per heavy atom. The maximum Gasteiger partial charge on any atom is 0.321 e. The van der Waals surface area contributed by atoms with Gasteiger partial charge in [-0.2, -0.15) is 0 Å². The Bertz CT molecular complexity index is 410. The molecule has 1 aromatic carbocycles. The van der Waals surface area contributed by atoms with Crippen LogP contribution in [0.25, 0.3) is 0 Å². The third-order valence-electron chi connectivity index (χ3n) is 3.58. The molecule has 2 amide bonds. The second-order valence-electron chi connectivity index (χ2n) is 5.12. The predicted octanol–water partition coefficient (Wildman–Crippen LogP) is 1.57. The van der Waals surface area contributed by atoms with Crippen molar-refractivity contribution >= 4 is 11.7 Å². The second-order valence-corrected chi connectivity index (χ2v) is 5.12. The van der Waals surface area contributed by atoms with Gasteiger partial charge in [0.05, 0.1) is 0 Å². The van der Waals surface area contributed by atoms with Crippen molar-refractivity contribution in [1.29, 1.82) is 0 Å². The number of amides is 2. The minimum atomic E-state index is -0.00289. The van der Waals surface area contributed by atoms with E-state index in [-0.39, 0.29) is 6.03 Å². The zero-order chi connectivity index (χ0) is 14.2.